The van der Waals surface area contributed by atoms with Crippen molar-refractivity contribution in [3.05, 3.63) is 99.5 Å². The fourth-order valence-electron chi connectivity index (χ4n) is 8.08. The first kappa shape index (κ1) is 42.7. The van der Waals surface area contributed by atoms with Crippen LogP contribution in [-0.2, 0) is 29.1 Å². The maximum Gasteiger partial charge on any atom is 0.410 e. The molecule has 3 atom stereocenters. The van der Waals surface area contributed by atoms with Gasteiger partial charge >= 0.3 is 11.8 Å². The largest absolute Gasteiger partial charge is 0.497 e. The molecule has 0 aliphatic carbocycles. The van der Waals surface area contributed by atoms with Crippen molar-refractivity contribution in [2.45, 2.75) is 89.9 Å². The van der Waals surface area contributed by atoms with Gasteiger partial charge in [0.05, 0.1) is 44.5 Å². The standard InChI is InChI=1S/C45H52F2N6O6S/c1-26-18-34-39-40(60-25-33(58-9)24-52(39)43(54)49-41(34)50-20-27(2)53(28(3)21-50)44(55)59-45(4,5)6)37(26)38-35(46)19-36(47)42(48-38)51(22-29-10-14-31(56-7)15-11-29)23-30-12-16-32(57-8)17-13-30/h10-19,27-28,33H,20-25H2,1-9H3/t27-,28+,33-/m0/s1. The molecule has 318 valence electrons. The Bertz CT molecular complexity index is 2380. The third-order valence-electron chi connectivity index (χ3n) is 10.9. The molecule has 0 N–H and O–H groups in total. The lowest BCUT2D eigenvalue weighted by Crippen LogP contribution is -2.59. The minimum atomic E-state index is -0.832. The number of nitrogens with zero attached hydrogens (tertiary/aromatic N) is 6. The number of aryl methyl sites for hydroxylation is 1. The Morgan fingerprint density at radius 1 is 0.867 bits per heavy atom. The number of amides is 1. The molecule has 0 saturated carbocycles. The second-order valence-electron chi connectivity index (χ2n) is 16.5. The SMILES string of the molecule is COc1ccc(CN(Cc2ccc(OC)cc2)c2nc(-c3c(C)cc4c(N5C[C@@H](C)N(C(=O)OC(C)(C)C)[C@@H](C)C5)nc(=O)n5c4c3SC[C@@H](OC)C5)c(F)cc2F)cc1. The molecule has 2 aromatic heterocycles. The highest BCUT2D eigenvalue weighted by Crippen LogP contribution is 2.45. The fourth-order valence-corrected chi connectivity index (χ4v) is 9.43. The van der Waals surface area contributed by atoms with Crippen LogP contribution in [0.1, 0.15) is 51.3 Å². The monoisotopic (exact) mass is 842 g/mol. The summed E-state index contributed by atoms with van der Waals surface area (Å²) in [7, 11) is 4.78. The third kappa shape index (κ3) is 8.73. The van der Waals surface area contributed by atoms with Gasteiger partial charge in [-0.3, -0.25) is 9.47 Å². The van der Waals surface area contributed by atoms with E-state index >= 15 is 8.78 Å². The quantitative estimate of drug-likeness (QED) is 0.136. The van der Waals surface area contributed by atoms with Crippen LogP contribution in [0.5, 0.6) is 11.5 Å². The average molecular weight is 843 g/mol. The highest BCUT2D eigenvalue weighted by Gasteiger charge is 2.38. The maximum absolute atomic E-state index is 16.5. The van der Waals surface area contributed by atoms with Crippen LogP contribution in [0, 0.1) is 18.6 Å². The minimum absolute atomic E-state index is 0.0308. The number of methoxy groups -OCH3 is 3. The van der Waals surface area contributed by atoms with Crippen LogP contribution in [0.15, 0.2) is 70.4 Å². The van der Waals surface area contributed by atoms with Crippen molar-refractivity contribution >= 4 is 40.4 Å². The Balaban J connectivity index is 1.36. The van der Waals surface area contributed by atoms with E-state index in [1.165, 1.54) is 11.8 Å². The topological polar surface area (TPSA) is 111 Å². The van der Waals surface area contributed by atoms with Gasteiger partial charge in [0, 0.05) is 61.0 Å². The molecule has 1 saturated heterocycles. The number of benzene rings is 3. The third-order valence-corrected chi connectivity index (χ3v) is 12.1. The van der Waals surface area contributed by atoms with E-state index in [0.717, 1.165) is 17.2 Å². The Kier molecular flexibility index (Phi) is 12.3. The lowest BCUT2D eigenvalue weighted by molar-refractivity contribution is 0.00561. The van der Waals surface area contributed by atoms with Gasteiger partial charge in [0.15, 0.2) is 17.5 Å². The number of hydrogen-bond donors (Lipinski definition) is 0. The molecule has 1 fully saturated rings. The van der Waals surface area contributed by atoms with E-state index in [1.807, 2.05) is 101 Å². The molecule has 0 radical (unpaired) electrons. The van der Waals surface area contributed by atoms with Crippen molar-refractivity contribution in [3.8, 4) is 22.8 Å². The molecule has 3 aromatic carbocycles. The summed E-state index contributed by atoms with van der Waals surface area (Å²) in [6.07, 6.45) is -0.751. The van der Waals surface area contributed by atoms with Gasteiger partial charge < -0.3 is 28.7 Å². The Labute approximate surface area is 353 Å². The first-order valence-electron chi connectivity index (χ1n) is 20.0. The van der Waals surface area contributed by atoms with Crippen LogP contribution in [-0.4, -0.2) is 89.5 Å². The molecule has 0 unspecified atom stereocenters. The summed E-state index contributed by atoms with van der Waals surface area (Å²) in [6, 6.07) is 17.2. The highest BCUT2D eigenvalue weighted by atomic mass is 32.2. The van der Waals surface area contributed by atoms with E-state index in [4.69, 9.17) is 23.9 Å². The summed E-state index contributed by atoms with van der Waals surface area (Å²) in [5, 5.41) is 0.698. The van der Waals surface area contributed by atoms with Crippen LogP contribution in [0.4, 0.5) is 25.2 Å². The Morgan fingerprint density at radius 3 is 1.98 bits per heavy atom. The van der Waals surface area contributed by atoms with E-state index < -0.39 is 29.0 Å². The smallest absolute Gasteiger partial charge is 0.410 e. The van der Waals surface area contributed by atoms with Crippen LogP contribution in [0.2, 0.25) is 0 Å². The molecule has 15 heteroatoms. The molecule has 2 aliphatic heterocycles. The molecule has 4 heterocycles. The van der Waals surface area contributed by atoms with E-state index in [2.05, 4.69) is 4.98 Å². The number of halogens is 2. The van der Waals surface area contributed by atoms with E-state index in [9.17, 15) is 9.59 Å². The van der Waals surface area contributed by atoms with Crippen molar-refractivity contribution in [1.82, 2.24) is 19.4 Å². The number of aromatic nitrogens is 3. The molecule has 2 aliphatic rings. The van der Waals surface area contributed by atoms with Crippen LogP contribution in [0.3, 0.4) is 0 Å². The van der Waals surface area contributed by atoms with E-state index in [0.29, 0.717) is 63.1 Å². The van der Waals surface area contributed by atoms with Crippen molar-refractivity contribution in [3.63, 3.8) is 0 Å². The lowest BCUT2D eigenvalue weighted by Gasteiger charge is -2.45. The van der Waals surface area contributed by atoms with Crippen molar-refractivity contribution in [2.75, 3.05) is 50.0 Å². The summed E-state index contributed by atoms with van der Waals surface area (Å²) in [5.41, 5.74) is 2.26. The molecule has 1 amide bonds. The van der Waals surface area contributed by atoms with Crippen molar-refractivity contribution in [2.24, 2.45) is 0 Å². The fraction of sp³-hybridized carbons (Fsp3) is 0.422. The zero-order valence-corrected chi connectivity index (χ0v) is 36.4. The zero-order chi connectivity index (χ0) is 43.0. The van der Waals surface area contributed by atoms with Gasteiger partial charge in [0.1, 0.15) is 28.6 Å². The summed E-state index contributed by atoms with van der Waals surface area (Å²) in [4.78, 5) is 43.1. The predicted octanol–water partition coefficient (Wildman–Crippen LogP) is 8.22. The molecular weight excluding hydrogens is 791 g/mol. The van der Waals surface area contributed by atoms with Gasteiger partial charge in [-0.1, -0.05) is 24.3 Å². The van der Waals surface area contributed by atoms with Gasteiger partial charge in [-0.15, -0.1) is 11.8 Å². The number of carbonyl (C=O) groups is 1. The number of piperazine rings is 1. The summed E-state index contributed by atoms with van der Waals surface area (Å²) >= 11 is 1.45. The predicted molar refractivity (Wildman–Crippen MR) is 230 cm³/mol. The summed E-state index contributed by atoms with van der Waals surface area (Å²) in [5.74, 6) is 0.618. The number of hydrogen-bond acceptors (Lipinski definition) is 11. The summed E-state index contributed by atoms with van der Waals surface area (Å²) < 4.78 is 56.6. The van der Waals surface area contributed by atoms with Gasteiger partial charge in [0.25, 0.3) is 0 Å². The normalized spacial score (nSPS) is 18.0. The first-order chi connectivity index (χ1) is 28.6. The Morgan fingerprint density at radius 2 is 1.45 bits per heavy atom. The molecule has 60 heavy (non-hydrogen) atoms. The second-order valence-corrected chi connectivity index (χ2v) is 17.5. The Hall–Kier alpha value is -5.41. The van der Waals surface area contributed by atoms with Gasteiger partial charge in [-0.05, 0) is 88.6 Å². The van der Waals surface area contributed by atoms with Crippen LogP contribution in [0.25, 0.3) is 22.2 Å². The van der Waals surface area contributed by atoms with Crippen LogP contribution < -0.4 is 25.0 Å². The number of rotatable bonds is 10. The second kappa shape index (κ2) is 17.3. The lowest BCUT2D eigenvalue weighted by atomic mass is 10.00. The first-order valence-corrected chi connectivity index (χ1v) is 20.9. The number of thioether (sulfide) groups is 1. The van der Waals surface area contributed by atoms with Crippen molar-refractivity contribution < 1.29 is 32.5 Å². The minimum Gasteiger partial charge on any atom is -0.497 e. The van der Waals surface area contributed by atoms with Gasteiger partial charge in [-0.25, -0.2) is 23.4 Å². The highest BCUT2D eigenvalue weighted by molar-refractivity contribution is 7.99. The van der Waals surface area contributed by atoms with E-state index in [-0.39, 0.29) is 49.3 Å². The molecule has 5 aromatic rings. The van der Waals surface area contributed by atoms with Gasteiger partial charge in [0.2, 0.25) is 0 Å². The number of carbonyl (C=O) groups excluding carboxylic acids is 1. The number of ether oxygens (including phenoxy) is 4. The molecule has 0 bridgehead atoms. The number of pyridine rings is 1. The van der Waals surface area contributed by atoms with Crippen molar-refractivity contribution in [1.29, 1.82) is 0 Å². The summed E-state index contributed by atoms with van der Waals surface area (Å²) in [6.45, 7) is 12.8. The number of anilines is 2. The maximum atomic E-state index is 16.5. The van der Waals surface area contributed by atoms with Gasteiger partial charge in [-0.2, -0.15) is 4.98 Å². The average Bonchev–Trinajstić information content (AvgIpc) is 3.40. The molecule has 0 spiro atoms. The molecule has 12 nitrogen and oxygen atoms in total. The zero-order valence-electron chi connectivity index (χ0n) is 35.5. The molecular formula is C45H52F2N6O6S. The van der Waals surface area contributed by atoms with E-state index in [1.54, 1.807) is 35.7 Å². The van der Waals surface area contributed by atoms with Crippen LogP contribution >= 0.6 is 11.8 Å². The molecule has 7 rings (SSSR count).